The van der Waals surface area contributed by atoms with Gasteiger partial charge in [0, 0.05) is 60.8 Å². The molecule has 46 heavy (non-hydrogen) atoms. The minimum atomic E-state index is -0.817. The first-order valence-electron chi connectivity index (χ1n) is 15.2. The van der Waals surface area contributed by atoms with Crippen LogP contribution in [0.2, 0.25) is 0 Å². The van der Waals surface area contributed by atoms with E-state index in [-0.39, 0.29) is 35.9 Å². The number of hydrogen-bond acceptors (Lipinski definition) is 10. The Morgan fingerprint density at radius 2 is 1.89 bits per heavy atom. The number of aromatic nitrogens is 2. The third-order valence-electron chi connectivity index (χ3n) is 9.72. The lowest BCUT2D eigenvalue weighted by atomic mass is 9.72. The monoisotopic (exact) mass is 644 g/mol. The predicted molar refractivity (Wildman–Crippen MR) is 167 cm³/mol. The molecule has 1 amide bonds. The van der Waals surface area contributed by atoms with E-state index in [1.807, 2.05) is 18.0 Å². The quantitative estimate of drug-likeness (QED) is 0.333. The fourth-order valence-corrected chi connectivity index (χ4v) is 8.22. The number of ether oxygens (including phenoxy) is 1. The summed E-state index contributed by atoms with van der Waals surface area (Å²) in [5.74, 6) is -1.49. The summed E-state index contributed by atoms with van der Waals surface area (Å²) in [5.41, 5.74) is 3.74. The van der Waals surface area contributed by atoms with Gasteiger partial charge >= 0.3 is 0 Å². The number of nitrogens with zero attached hydrogens (tertiary/aromatic N) is 6. The number of benzene rings is 2. The second kappa shape index (κ2) is 10.7. The molecule has 2 aromatic heterocycles. The van der Waals surface area contributed by atoms with E-state index >= 15 is 4.39 Å². The topological polar surface area (TPSA) is 126 Å². The van der Waals surface area contributed by atoms with Crippen molar-refractivity contribution in [1.29, 1.82) is 5.26 Å². The van der Waals surface area contributed by atoms with Gasteiger partial charge < -0.3 is 29.6 Å². The van der Waals surface area contributed by atoms with Crippen LogP contribution in [0.1, 0.15) is 28.7 Å². The SMILES string of the molecule is CN(c1nc(-c2ccc(F)cc2)c(C#N)s1)c1c2c(nc3c(F)cc(N4CC5(CN(C(=O)[C@@H]6COC[C@H]6O)C5)C4)cc13)[C@@H](O)CC2. The summed E-state index contributed by atoms with van der Waals surface area (Å²) in [7, 11) is 1.81. The molecule has 2 aromatic carbocycles. The molecule has 8 rings (SSSR count). The smallest absolute Gasteiger partial charge is 0.230 e. The van der Waals surface area contributed by atoms with Crippen LogP contribution >= 0.6 is 11.3 Å². The zero-order valence-electron chi connectivity index (χ0n) is 24.9. The second-order valence-electron chi connectivity index (χ2n) is 12.8. The molecule has 0 bridgehead atoms. The third-order valence-corrected chi connectivity index (χ3v) is 10.8. The van der Waals surface area contributed by atoms with Gasteiger partial charge in [0.2, 0.25) is 5.91 Å². The van der Waals surface area contributed by atoms with Gasteiger partial charge in [-0.25, -0.2) is 18.7 Å². The molecule has 10 nitrogen and oxygen atoms in total. The van der Waals surface area contributed by atoms with E-state index in [9.17, 15) is 24.7 Å². The Bertz CT molecular complexity index is 1930. The maximum atomic E-state index is 15.9. The van der Waals surface area contributed by atoms with Gasteiger partial charge in [0.25, 0.3) is 0 Å². The Hall–Kier alpha value is -4.22. The van der Waals surface area contributed by atoms with Gasteiger partial charge in [-0.3, -0.25) is 4.79 Å². The molecule has 3 atom stereocenters. The highest BCUT2D eigenvalue weighted by Crippen LogP contribution is 2.48. The van der Waals surface area contributed by atoms with Crippen molar-refractivity contribution in [2.45, 2.75) is 25.0 Å². The molecule has 3 fully saturated rings. The number of aliphatic hydroxyl groups excluding tert-OH is 2. The molecular weight excluding hydrogens is 614 g/mol. The van der Waals surface area contributed by atoms with E-state index in [2.05, 4.69) is 16.0 Å². The zero-order valence-corrected chi connectivity index (χ0v) is 25.7. The molecule has 4 aliphatic rings. The third kappa shape index (κ3) is 4.54. The largest absolute Gasteiger partial charge is 0.390 e. The molecule has 2 N–H and O–H groups in total. The lowest BCUT2D eigenvalue weighted by molar-refractivity contribution is -0.152. The average Bonchev–Trinajstić information content (AvgIpc) is 3.73. The van der Waals surface area contributed by atoms with Gasteiger partial charge in [0.15, 0.2) is 10.9 Å². The first-order valence-corrected chi connectivity index (χ1v) is 16.0. The summed E-state index contributed by atoms with van der Waals surface area (Å²) < 4.78 is 34.7. The van der Waals surface area contributed by atoms with Gasteiger partial charge in [0.1, 0.15) is 28.0 Å². The Labute approximate surface area is 267 Å². The molecule has 1 aliphatic carbocycles. The van der Waals surface area contributed by atoms with Gasteiger partial charge in [-0.05, 0) is 49.2 Å². The Kier molecular flexibility index (Phi) is 6.77. The summed E-state index contributed by atoms with van der Waals surface area (Å²) >= 11 is 1.19. The van der Waals surface area contributed by atoms with E-state index in [1.54, 1.807) is 17.0 Å². The molecule has 1 spiro atoms. The van der Waals surface area contributed by atoms with Crippen LogP contribution < -0.4 is 9.80 Å². The number of nitriles is 1. The number of thiazole rings is 1. The van der Waals surface area contributed by atoms with Crippen molar-refractivity contribution in [3.63, 3.8) is 0 Å². The molecule has 0 saturated carbocycles. The van der Waals surface area contributed by atoms with Crippen LogP contribution in [0.5, 0.6) is 0 Å². The van der Waals surface area contributed by atoms with Crippen LogP contribution in [0, 0.1) is 34.3 Å². The summed E-state index contributed by atoms with van der Waals surface area (Å²) in [6, 6.07) is 11.4. The molecule has 5 heterocycles. The summed E-state index contributed by atoms with van der Waals surface area (Å²) in [6.07, 6.45) is -0.576. The molecule has 0 unspecified atom stereocenters. The highest BCUT2D eigenvalue weighted by molar-refractivity contribution is 7.16. The first-order chi connectivity index (χ1) is 22.1. The van der Waals surface area contributed by atoms with Gasteiger partial charge in [-0.2, -0.15) is 5.26 Å². The van der Waals surface area contributed by atoms with Crippen molar-refractivity contribution in [2.24, 2.45) is 11.3 Å². The van der Waals surface area contributed by atoms with Crippen molar-refractivity contribution < 1.29 is 28.5 Å². The van der Waals surface area contributed by atoms with E-state index < -0.39 is 23.9 Å². The summed E-state index contributed by atoms with van der Waals surface area (Å²) in [4.78, 5) is 28.3. The number of carbonyl (C=O) groups excluding carboxylic acids is 1. The molecule has 13 heteroatoms. The fraction of sp³-hybridized carbons (Fsp3) is 0.394. The number of halogens is 2. The van der Waals surface area contributed by atoms with Crippen LogP contribution in [0.15, 0.2) is 36.4 Å². The summed E-state index contributed by atoms with van der Waals surface area (Å²) in [6.45, 7) is 2.92. The highest BCUT2D eigenvalue weighted by atomic mass is 32.1. The molecule has 4 aromatic rings. The predicted octanol–water partition coefficient (Wildman–Crippen LogP) is 3.91. The van der Waals surface area contributed by atoms with Gasteiger partial charge in [0.05, 0.1) is 42.7 Å². The number of aliphatic hydroxyl groups is 2. The highest BCUT2D eigenvalue weighted by Gasteiger charge is 2.54. The van der Waals surface area contributed by atoms with Crippen LogP contribution in [-0.4, -0.2) is 83.5 Å². The zero-order chi connectivity index (χ0) is 31.9. The number of likely N-dealkylation sites (tertiary alicyclic amines) is 1. The van der Waals surface area contributed by atoms with Crippen LogP contribution in [0.3, 0.4) is 0 Å². The fourth-order valence-electron chi connectivity index (χ4n) is 7.36. The van der Waals surface area contributed by atoms with E-state index in [0.29, 0.717) is 82.7 Å². The Balaban J connectivity index is 1.12. The number of amides is 1. The molecular formula is C33H30F2N6O4S. The Morgan fingerprint density at radius 1 is 1.13 bits per heavy atom. The van der Waals surface area contributed by atoms with Crippen LogP contribution in [-0.2, 0) is 16.0 Å². The van der Waals surface area contributed by atoms with Gasteiger partial charge in [-0.1, -0.05) is 11.3 Å². The van der Waals surface area contributed by atoms with Crippen LogP contribution in [0.4, 0.5) is 25.3 Å². The van der Waals surface area contributed by atoms with Crippen molar-refractivity contribution in [3.8, 4) is 17.3 Å². The number of pyridine rings is 1. The average molecular weight is 645 g/mol. The number of rotatable bonds is 5. The minimum Gasteiger partial charge on any atom is -0.390 e. The molecule has 236 valence electrons. The maximum Gasteiger partial charge on any atom is 0.230 e. The van der Waals surface area contributed by atoms with Crippen molar-refractivity contribution >= 4 is 44.7 Å². The molecule has 3 aliphatic heterocycles. The van der Waals surface area contributed by atoms with Crippen molar-refractivity contribution in [1.82, 2.24) is 14.9 Å². The summed E-state index contributed by atoms with van der Waals surface area (Å²) in [5, 5.41) is 31.8. The number of hydrogen-bond donors (Lipinski definition) is 2. The molecule has 0 radical (unpaired) electrons. The van der Waals surface area contributed by atoms with Gasteiger partial charge in [-0.15, -0.1) is 0 Å². The maximum absolute atomic E-state index is 15.9. The van der Waals surface area contributed by atoms with E-state index in [0.717, 1.165) is 5.56 Å². The van der Waals surface area contributed by atoms with E-state index in [1.165, 1.54) is 29.5 Å². The number of anilines is 3. The standard InChI is InChI=1S/C33H30F2N6O4S/c1-39(32-38-27(26(10-36)46-32)17-2-4-18(34)5-3-17)30-20-6-7-24(42)29(20)37-28-21(30)8-19(9-23(28)35)40-13-33(14-40)15-41(16-33)31(44)22-11-45-12-25(22)43/h2-5,8-9,22,24-25,42-43H,6-7,11-16H2,1H3/t22-,24+,25-/m1/s1. The van der Waals surface area contributed by atoms with Crippen LogP contribution in [0.25, 0.3) is 22.2 Å². The molecule has 3 saturated heterocycles. The Morgan fingerprint density at radius 3 is 2.59 bits per heavy atom. The lowest BCUT2D eigenvalue weighted by Gasteiger charge is -2.61. The lowest BCUT2D eigenvalue weighted by Crippen LogP contribution is -2.73. The first kappa shape index (κ1) is 29.2. The normalized spacial score (nSPS) is 22.9. The number of fused-ring (bicyclic) bond motifs is 2. The van der Waals surface area contributed by atoms with Crippen molar-refractivity contribution in [3.05, 3.63) is 64.2 Å². The number of carbonyl (C=O) groups is 1. The van der Waals surface area contributed by atoms with E-state index in [4.69, 9.17) is 9.72 Å². The second-order valence-corrected chi connectivity index (χ2v) is 13.8. The van der Waals surface area contributed by atoms with Crippen molar-refractivity contribution in [2.75, 3.05) is 56.2 Å². The minimum absolute atomic E-state index is 0.0727.